The number of aryl methyl sites for hydroxylation is 1. The maximum Gasteiger partial charge on any atom is 0.274 e. The molecule has 0 bridgehead atoms. The van der Waals surface area contributed by atoms with Crippen molar-refractivity contribution >= 4 is 11.6 Å². The van der Waals surface area contributed by atoms with Gasteiger partial charge in [0.05, 0.1) is 17.5 Å². The van der Waals surface area contributed by atoms with Crippen molar-refractivity contribution < 1.29 is 19.4 Å². The van der Waals surface area contributed by atoms with Gasteiger partial charge in [-0.1, -0.05) is 0 Å². The quantitative estimate of drug-likeness (QED) is 0.590. The Bertz CT molecular complexity index is 674. The summed E-state index contributed by atoms with van der Waals surface area (Å²) < 4.78 is 5.03. The smallest absolute Gasteiger partial charge is 0.274 e. The molecule has 1 aromatic carbocycles. The van der Waals surface area contributed by atoms with Crippen LogP contribution >= 0.6 is 0 Å². The van der Waals surface area contributed by atoms with Crippen LogP contribution in [0, 0.1) is 6.92 Å². The van der Waals surface area contributed by atoms with Gasteiger partial charge >= 0.3 is 0 Å². The molecule has 104 valence electrons. The number of hydrazone groups is 1. The second-order valence-corrected chi connectivity index (χ2v) is 4.23. The number of carbonyl (C=O) groups is 1. The van der Waals surface area contributed by atoms with Gasteiger partial charge in [0.1, 0.15) is 17.3 Å². The number of nitrogens with one attached hydrogen (secondary N) is 1. The van der Waals surface area contributed by atoms with E-state index in [1.165, 1.54) is 24.5 Å². The molecule has 0 aliphatic rings. The van der Waals surface area contributed by atoms with Crippen LogP contribution in [0.4, 0.5) is 0 Å². The summed E-state index contributed by atoms with van der Waals surface area (Å²) in [6.45, 7) is 3.31. The molecule has 0 saturated heterocycles. The van der Waals surface area contributed by atoms with Crippen LogP contribution in [-0.4, -0.2) is 21.8 Å². The van der Waals surface area contributed by atoms with E-state index in [-0.39, 0.29) is 11.5 Å². The molecule has 0 saturated carbocycles. The second-order valence-electron chi connectivity index (χ2n) is 4.23. The third kappa shape index (κ3) is 2.80. The summed E-state index contributed by atoms with van der Waals surface area (Å²) in [5.41, 5.74) is 3.62. The minimum Gasteiger partial charge on any atom is -0.508 e. The van der Waals surface area contributed by atoms with E-state index in [1.807, 2.05) is 0 Å². The number of carbonyl (C=O) groups excluding carboxylic acids is 1. The molecule has 1 heterocycles. The van der Waals surface area contributed by atoms with E-state index in [1.54, 1.807) is 19.9 Å². The first-order chi connectivity index (χ1) is 9.49. The van der Waals surface area contributed by atoms with Crippen LogP contribution in [0.2, 0.25) is 0 Å². The number of aromatic hydroxyl groups is 2. The molecule has 0 atom stereocenters. The third-order valence-electron chi connectivity index (χ3n) is 2.80. The van der Waals surface area contributed by atoms with E-state index in [2.05, 4.69) is 10.5 Å². The van der Waals surface area contributed by atoms with E-state index < -0.39 is 5.91 Å². The Balaban J connectivity index is 2.15. The summed E-state index contributed by atoms with van der Waals surface area (Å²) in [5.74, 6) is -0.0474. The highest BCUT2D eigenvalue weighted by atomic mass is 16.3. The maximum atomic E-state index is 11.8. The lowest BCUT2D eigenvalue weighted by Gasteiger charge is -2.05. The van der Waals surface area contributed by atoms with Gasteiger partial charge in [-0.2, -0.15) is 5.10 Å². The van der Waals surface area contributed by atoms with Crippen molar-refractivity contribution in [3.05, 3.63) is 47.4 Å². The molecule has 0 aliphatic heterocycles. The zero-order valence-corrected chi connectivity index (χ0v) is 11.0. The van der Waals surface area contributed by atoms with Crippen molar-refractivity contribution in [1.82, 2.24) is 5.43 Å². The van der Waals surface area contributed by atoms with Crippen molar-refractivity contribution in [2.75, 3.05) is 0 Å². The zero-order chi connectivity index (χ0) is 14.7. The van der Waals surface area contributed by atoms with Crippen LogP contribution in [0.1, 0.15) is 28.6 Å². The molecule has 20 heavy (non-hydrogen) atoms. The van der Waals surface area contributed by atoms with E-state index in [9.17, 15) is 15.0 Å². The van der Waals surface area contributed by atoms with Crippen LogP contribution in [0.3, 0.4) is 0 Å². The highest BCUT2D eigenvalue weighted by Crippen LogP contribution is 2.23. The average Bonchev–Trinajstić information content (AvgIpc) is 2.82. The zero-order valence-electron chi connectivity index (χ0n) is 11.0. The lowest BCUT2D eigenvalue weighted by atomic mass is 10.1. The minimum absolute atomic E-state index is 0.0443. The van der Waals surface area contributed by atoms with Crippen molar-refractivity contribution in [3.63, 3.8) is 0 Å². The Morgan fingerprint density at radius 3 is 2.60 bits per heavy atom. The summed E-state index contributed by atoms with van der Waals surface area (Å²) in [4.78, 5) is 11.8. The van der Waals surface area contributed by atoms with Crippen LogP contribution in [0.5, 0.6) is 11.5 Å². The first-order valence-electron chi connectivity index (χ1n) is 5.90. The number of benzene rings is 1. The van der Waals surface area contributed by atoms with E-state index in [0.29, 0.717) is 22.6 Å². The Labute approximate surface area is 115 Å². The normalized spacial score (nSPS) is 11.4. The molecular weight excluding hydrogens is 260 g/mol. The van der Waals surface area contributed by atoms with Gasteiger partial charge < -0.3 is 14.6 Å². The highest BCUT2D eigenvalue weighted by Gasteiger charge is 2.11. The molecule has 0 spiro atoms. The van der Waals surface area contributed by atoms with Gasteiger partial charge in [-0.15, -0.1) is 0 Å². The number of hydrogen-bond acceptors (Lipinski definition) is 5. The number of amides is 1. The van der Waals surface area contributed by atoms with Gasteiger partial charge in [0, 0.05) is 11.6 Å². The highest BCUT2D eigenvalue weighted by molar-refractivity contribution is 6.02. The lowest BCUT2D eigenvalue weighted by molar-refractivity contribution is 0.0953. The van der Waals surface area contributed by atoms with Gasteiger partial charge in [-0.3, -0.25) is 4.79 Å². The number of hydrogen-bond donors (Lipinski definition) is 3. The molecule has 1 aromatic heterocycles. The van der Waals surface area contributed by atoms with Crippen LogP contribution in [0.25, 0.3) is 0 Å². The topological polar surface area (TPSA) is 95.1 Å². The summed E-state index contributed by atoms with van der Waals surface area (Å²) in [6, 6.07) is 5.69. The molecule has 0 unspecified atom stereocenters. The Hall–Kier alpha value is -2.76. The molecule has 3 N–H and O–H groups in total. The first kappa shape index (κ1) is 13.7. The third-order valence-corrected chi connectivity index (χ3v) is 2.80. The van der Waals surface area contributed by atoms with E-state index >= 15 is 0 Å². The molecule has 2 rings (SSSR count). The number of nitrogens with zero attached hydrogens (tertiary/aromatic N) is 1. The number of rotatable bonds is 3. The SMILES string of the molecule is CC(=NNC(=O)c1ccoc1C)c1ccc(O)cc1O. The molecule has 6 nitrogen and oxygen atoms in total. The van der Waals surface area contributed by atoms with Crippen LogP contribution in [0.15, 0.2) is 40.0 Å². The second kappa shape index (κ2) is 5.48. The Morgan fingerprint density at radius 2 is 2.00 bits per heavy atom. The molecule has 2 aromatic rings. The first-order valence-corrected chi connectivity index (χ1v) is 5.90. The molecule has 1 amide bonds. The summed E-state index contributed by atoms with van der Waals surface area (Å²) in [6.07, 6.45) is 1.42. The molecule has 0 aliphatic carbocycles. The van der Waals surface area contributed by atoms with Gasteiger partial charge in [0.2, 0.25) is 0 Å². The summed E-state index contributed by atoms with van der Waals surface area (Å²) >= 11 is 0. The maximum absolute atomic E-state index is 11.8. The van der Waals surface area contributed by atoms with E-state index in [0.717, 1.165) is 0 Å². The van der Waals surface area contributed by atoms with Gasteiger partial charge in [0.25, 0.3) is 5.91 Å². The van der Waals surface area contributed by atoms with E-state index in [4.69, 9.17) is 4.42 Å². The molecule has 6 heteroatoms. The standard InChI is InChI=1S/C14H14N2O4/c1-8(11-4-3-10(17)7-13(11)18)15-16-14(19)12-5-6-20-9(12)2/h3-7,17-18H,1-2H3,(H,16,19). The number of phenolic OH excluding ortho intramolecular Hbond substituents is 2. The van der Waals surface area contributed by atoms with Gasteiger partial charge in [0.15, 0.2) is 0 Å². The van der Waals surface area contributed by atoms with Crippen molar-refractivity contribution in [3.8, 4) is 11.5 Å². The average molecular weight is 274 g/mol. The Kier molecular flexibility index (Phi) is 3.74. The molecular formula is C14H14N2O4. The minimum atomic E-state index is -0.395. The van der Waals surface area contributed by atoms with Crippen LogP contribution < -0.4 is 5.43 Å². The predicted octanol–water partition coefficient (Wildman–Crippen LogP) is 2.15. The molecule has 0 fully saturated rings. The van der Waals surface area contributed by atoms with Crippen LogP contribution in [-0.2, 0) is 0 Å². The predicted molar refractivity (Wildman–Crippen MR) is 72.9 cm³/mol. The monoisotopic (exact) mass is 274 g/mol. The molecule has 0 radical (unpaired) electrons. The lowest BCUT2D eigenvalue weighted by Crippen LogP contribution is -2.19. The largest absolute Gasteiger partial charge is 0.508 e. The van der Waals surface area contributed by atoms with Crippen molar-refractivity contribution in [1.29, 1.82) is 0 Å². The summed E-state index contributed by atoms with van der Waals surface area (Å²) in [5, 5.41) is 22.8. The fourth-order valence-electron chi connectivity index (χ4n) is 1.70. The summed E-state index contributed by atoms with van der Waals surface area (Å²) in [7, 11) is 0. The Morgan fingerprint density at radius 1 is 1.25 bits per heavy atom. The number of phenols is 2. The number of furan rings is 1. The fraction of sp³-hybridized carbons (Fsp3) is 0.143. The van der Waals surface area contributed by atoms with Crippen molar-refractivity contribution in [2.45, 2.75) is 13.8 Å². The fourth-order valence-corrected chi connectivity index (χ4v) is 1.70. The van der Waals surface area contributed by atoms with Crippen molar-refractivity contribution in [2.24, 2.45) is 5.10 Å². The van der Waals surface area contributed by atoms with Gasteiger partial charge in [-0.05, 0) is 32.0 Å². The van der Waals surface area contributed by atoms with Gasteiger partial charge in [-0.25, -0.2) is 5.43 Å².